The van der Waals surface area contributed by atoms with E-state index in [4.69, 9.17) is 4.74 Å². The first kappa shape index (κ1) is 10.9. The molecule has 1 aromatic rings. The van der Waals surface area contributed by atoms with Gasteiger partial charge in [0.25, 0.3) is 0 Å². The normalized spacial score (nSPS) is 16.1. The Kier molecular flexibility index (Phi) is 3.39. The average Bonchev–Trinajstić information content (AvgIpc) is 2.82. The lowest BCUT2D eigenvalue weighted by Gasteiger charge is -2.14. The van der Waals surface area contributed by atoms with Gasteiger partial charge in [-0.3, -0.25) is 0 Å². The number of ether oxygens (including phenoxy) is 1. The number of methoxy groups -OCH3 is 1. The number of aromatic nitrogens is 1. The zero-order valence-corrected chi connectivity index (χ0v) is 9.40. The molecule has 86 valence electrons. The molecule has 1 saturated carbocycles. The highest BCUT2D eigenvalue weighted by molar-refractivity contribution is 5.94. The first-order chi connectivity index (χ1) is 7.81. The van der Waals surface area contributed by atoms with Gasteiger partial charge < -0.3 is 10.1 Å². The zero-order chi connectivity index (χ0) is 11.4. The number of nitrogens with zero attached hydrogens (tertiary/aromatic N) is 1. The maximum Gasteiger partial charge on any atom is 0.341 e. The highest BCUT2D eigenvalue weighted by atomic mass is 16.5. The summed E-state index contributed by atoms with van der Waals surface area (Å²) in [5.74, 6) is 0.301. The summed E-state index contributed by atoms with van der Waals surface area (Å²) in [7, 11) is 1.38. The van der Waals surface area contributed by atoms with Crippen molar-refractivity contribution in [3.8, 4) is 0 Å². The van der Waals surface area contributed by atoms with E-state index in [1.54, 1.807) is 18.3 Å². The van der Waals surface area contributed by atoms with Crippen molar-refractivity contribution in [3.63, 3.8) is 0 Å². The molecule has 16 heavy (non-hydrogen) atoms. The summed E-state index contributed by atoms with van der Waals surface area (Å²) in [6.45, 7) is 0. The van der Waals surface area contributed by atoms with E-state index in [1.165, 1.54) is 20.0 Å². The third-order valence-electron chi connectivity index (χ3n) is 2.91. The lowest BCUT2D eigenvalue weighted by Crippen LogP contribution is -2.18. The third kappa shape index (κ3) is 2.32. The molecule has 1 heterocycles. The van der Waals surface area contributed by atoms with Crippen LogP contribution in [0, 0.1) is 0 Å². The largest absolute Gasteiger partial charge is 0.465 e. The molecule has 1 fully saturated rings. The van der Waals surface area contributed by atoms with E-state index in [9.17, 15) is 4.79 Å². The van der Waals surface area contributed by atoms with Crippen molar-refractivity contribution in [2.75, 3.05) is 12.4 Å². The minimum absolute atomic E-state index is 0.339. The standard InChI is InChI=1S/C12H16N2O2/c1-16-12(15)10-7-4-8-13-11(10)14-9-5-2-3-6-9/h4,7-9H,2-3,5-6H2,1H3,(H,13,14). The summed E-state index contributed by atoms with van der Waals surface area (Å²) in [6.07, 6.45) is 6.48. The maximum absolute atomic E-state index is 11.5. The molecular formula is C12H16N2O2. The van der Waals surface area contributed by atoms with Crippen molar-refractivity contribution < 1.29 is 9.53 Å². The Bertz CT molecular complexity index is 373. The monoisotopic (exact) mass is 220 g/mol. The van der Waals surface area contributed by atoms with Crippen LogP contribution in [-0.2, 0) is 4.74 Å². The van der Waals surface area contributed by atoms with Crippen molar-refractivity contribution in [2.24, 2.45) is 0 Å². The van der Waals surface area contributed by atoms with E-state index in [0.29, 0.717) is 17.4 Å². The topological polar surface area (TPSA) is 51.2 Å². The molecule has 0 amide bonds. The Morgan fingerprint density at radius 1 is 1.50 bits per heavy atom. The number of anilines is 1. The Morgan fingerprint density at radius 2 is 2.25 bits per heavy atom. The Hall–Kier alpha value is -1.58. The SMILES string of the molecule is COC(=O)c1cccnc1NC1CCCC1. The van der Waals surface area contributed by atoms with E-state index in [1.807, 2.05) is 0 Å². The summed E-state index contributed by atoms with van der Waals surface area (Å²) in [5.41, 5.74) is 0.511. The highest BCUT2D eigenvalue weighted by Crippen LogP contribution is 2.23. The van der Waals surface area contributed by atoms with E-state index < -0.39 is 0 Å². The Labute approximate surface area is 95.0 Å². The fourth-order valence-electron chi connectivity index (χ4n) is 2.06. The molecule has 1 aliphatic rings. The highest BCUT2D eigenvalue weighted by Gasteiger charge is 2.18. The van der Waals surface area contributed by atoms with Gasteiger partial charge in [0.1, 0.15) is 11.4 Å². The lowest BCUT2D eigenvalue weighted by molar-refractivity contribution is 0.0601. The molecular weight excluding hydrogens is 204 g/mol. The molecule has 2 rings (SSSR count). The third-order valence-corrected chi connectivity index (χ3v) is 2.91. The van der Waals surface area contributed by atoms with Gasteiger partial charge in [0.2, 0.25) is 0 Å². The first-order valence-electron chi connectivity index (χ1n) is 5.61. The van der Waals surface area contributed by atoms with Gasteiger partial charge in [-0.2, -0.15) is 0 Å². The van der Waals surface area contributed by atoms with E-state index in [-0.39, 0.29) is 5.97 Å². The van der Waals surface area contributed by atoms with Crippen molar-refractivity contribution in [1.29, 1.82) is 0 Å². The fourth-order valence-corrected chi connectivity index (χ4v) is 2.06. The predicted octanol–water partition coefficient (Wildman–Crippen LogP) is 2.22. The molecule has 0 saturated heterocycles. The van der Waals surface area contributed by atoms with Crippen LogP contribution in [0.4, 0.5) is 5.82 Å². The molecule has 1 N–H and O–H groups in total. The summed E-state index contributed by atoms with van der Waals surface area (Å²) in [5, 5.41) is 3.31. The van der Waals surface area contributed by atoms with Crippen LogP contribution in [0.1, 0.15) is 36.0 Å². The van der Waals surface area contributed by atoms with Gasteiger partial charge in [-0.15, -0.1) is 0 Å². The number of esters is 1. The van der Waals surface area contributed by atoms with Crippen LogP contribution in [0.2, 0.25) is 0 Å². The molecule has 4 heteroatoms. The van der Waals surface area contributed by atoms with Crippen molar-refractivity contribution >= 4 is 11.8 Å². The van der Waals surface area contributed by atoms with E-state index in [0.717, 1.165) is 12.8 Å². The molecule has 0 spiro atoms. The first-order valence-corrected chi connectivity index (χ1v) is 5.61. The number of rotatable bonds is 3. The Morgan fingerprint density at radius 3 is 2.94 bits per heavy atom. The number of carbonyl (C=O) groups is 1. The average molecular weight is 220 g/mol. The molecule has 0 bridgehead atoms. The minimum atomic E-state index is -0.339. The van der Waals surface area contributed by atoms with Crippen LogP contribution in [0.3, 0.4) is 0 Å². The molecule has 0 aliphatic heterocycles. The van der Waals surface area contributed by atoms with Crippen molar-refractivity contribution in [2.45, 2.75) is 31.7 Å². The van der Waals surface area contributed by atoms with E-state index >= 15 is 0 Å². The number of nitrogens with one attached hydrogen (secondary N) is 1. The van der Waals surface area contributed by atoms with Crippen molar-refractivity contribution in [1.82, 2.24) is 4.98 Å². The smallest absolute Gasteiger partial charge is 0.341 e. The van der Waals surface area contributed by atoms with Crippen LogP contribution >= 0.6 is 0 Å². The second kappa shape index (κ2) is 4.96. The van der Waals surface area contributed by atoms with Gasteiger partial charge in [0.15, 0.2) is 0 Å². The van der Waals surface area contributed by atoms with Gasteiger partial charge in [-0.05, 0) is 25.0 Å². The second-order valence-corrected chi connectivity index (χ2v) is 4.02. The summed E-state index contributed by atoms with van der Waals surface area (Å²) >= 11 is 0. The zero-order valence-electron chi connectivity index (χ0n) is 9.40. The molecule has 1 aliphatic carbocycles. The van der Waals surface area contributed by atoms with Gasteiger partial charge in [-0.25, -0.2) is 9.78 Å². The van der Waals surface area contributed by atoms with Gasteiger partial charge in [-0.1, -0.05) is 12.8 Å². The fraction of sp³-hybridized carbons (Fsp3) is 0.500. The molecule has 0 atom stereocenters. The molecule has 0 unspecified atom stereocenters. The number of hydrogen-bond acceptors (Lipinski definition) is 4. The summed E-state index contributed by atoms with van der Waals surface area (Å²) in [4.78, 5) is 15.7. The minimum Gasteiger partial charge on any atom is -0.465 e. The lowest BCUT2D eigenvalue weighted by atomic mass is 10.2. The maximum atomic E-state index is 11.5. The number of carbonyl (C=O) groups excluding carboxylic acids is 1. The summed E-state index contributed by atoms with van der Waals surface area (Å²) < 4.78 is 4.72. The summed E-state index contributed by atoms with van der Waals surface area (Å²) in [6, 6.07) is 3.92. The molecule has 4 nitrogen and oxygen atoms in total. The van der Waals surface area contributed by atoms with Crippen molar-refractivity contribution in [3.05, 3.63) is 23.9 Å². The molecule has 1 aromatic heterocycles. The Balaban J connectivity index is 2.15. The van der Waals surface area contributed by atoms with Crippen LogP contribution in [0.15, 0.2) is 18.3 Å². The van der Waals surface area contributed by atoms with Gasteiger partial charge >= 0.3 is 5.97 Å². The van der Waals surface area contributed by atoms with Gasteiger partial charge in [0.05, 0.1) is 7.11 Å². The van der Waals surface area contributed by atoms with Crippen LogP contribution in [0.5, 0.6) is 0 Å². The van der Waals surface area contributed by atoms with Crippen LogP contribution in [0.25, 0.3) is 0 Å². The van der Waals surface area contributed by atoms with E-state index in [2.05, 4.69) is 10.3 Å². The quantitative estimate of drug-likeness (QED) is 0.793. The second-order valence-electron chi connectivity index (χ2n) is 4.02. The molecule has 0 radical (unpaired) electrons. The van der Waals surface area contributed by atoms with Crippen LogP contribution < -0.4 is 5.32 Å². The molecule has 0 aromatic carbocycles. The number of pyridine rings is 1. The van der Waals surface area contributed by atoms with Gasteiger partial charge in [0, 0.05) is 12.2 Å². The van der Waals surface area contributed by atoms with Crippen LogP contribution in [-0.4, -0.2) is 24.1 Å². The number of hydrogen-bond donors (Lipinski definition) is 1. The predicted molar refractivity (Wildman–Crippen MR) is 61.5 cm³/mol.